The third-order valence-corrected chi connectivity index (χ3v) is 3.89. The van der Waals surface area contributed by atoms with E-state index in [1.165, 1.54) is 23.4 Å². The van der Waals surface area contributed by atoms with Gasteiger partial charge in [-0.05, 0) is 49.4 Å². The zero-order chi connectivity index (χ0) is 13.4. The molecule has 1 aromatic heterocycles. The fraction of sp³-hybridized carbons (Fsp3) is 0.400. The molecule has 0 atom stereocenters. The fourth-order valence-corrected chi connectivity index (χ4v) is 3.07. The first-order valence-corrected chi connectivity index (χ1v) is 6.68. The SMILES string of the molecule is O=C(O)CCn1c2c(c3ccc(F)cc31)CCCC2. The predicted molar refractivity (Wildman–Crippen MR) is 70.8 cm³/mol. The molecule has 0 saturated carbocycles. The zero-order valence-corrected chi connectivity index (χ0v) is 10.7. The monoisotopic (exact) mass is 261 g/mol. The fourth-order valence-electron chi connectivity index (χ4n) is 3.07. The Kier molecular flexibility index (Phi) is 3.01. The molecule has 0 amide bonds. The van der Waals surface area contributed by atoms with Crippen LogP contribution in [0.5, 0.6) is 0 Å². The smallest absolute Gasteiger partial charge is 0.305 e. The normalized spacial score (nSPS) is 14.6. The Balaban J connectivity index is 2.16. The third-order valence-electron chi connectivity index (χ3n) is 3.89. The molecule has 0 fully saturated rings. The van der Waals surface area contributed by atoms with Crippen LogP contribution in [0.15, 0.2) is 18.2 Å². The Hall–Kier alpha value is -1.84. The number of aromatic nitrogens is 1. The average Bonchev–Trinajstić information content (AvgIpc) is 2.69. The summed E-state index contributed by atoms with van der Waals surface area (Å²) >= 11 is 0. The average molecular weight is 261 g/mol. The van der Waals surface area contributed by atoms with Gasteiger partial charge in [0.05, 0.1) is 11.9 Å². The summed E-state index contributed by atoms with van der Waals surface area (Å²) in [7, 11) is 0. The first kappa shape index (κ1) is 12.2. The lowest BCUT2D eigenvalue weighted by molar-refractivity contribution is -0.137. The van der Waals surface area contributed by atoms with Gasteiger partial charge in [0.15, 0.2) is 0 Å². The van der Waals surface area contributed by atoms with E-state index in [0.717, 1.165) is 36.6 Å². The van der Waals surface area contributed by atoms with Crippen molar-refractivity contribution in [2.45, 2.75) is 38.6 Å². The van der Waals surface area contributed by atoms with Gasteiger partial charge in [0.25, 0.3) is 0 Å². The lowest BCUT2D eigenvalue weighted by atomic mass is 9.95. The van der Waals surface area contributed by atoms with Crippen molar-refractivity contribution in [3.63, 3.8) is 0 Å². The van der Waals surface area contributed by atoms with E-state index in [1.807, 2.05) is 10.6 Å². The van der Waals surface area contributed by atoms with E-state index in [4.69, 9.17) is 5.11 Å². The van der Waals surface area contributed by atoms with E-state index in [0.29, 0.717) is 6.54 Å². The Morgan fingerprint density at radius 1 is 1.32 bits per heavy atom. The molecular formula is C15H16FNO2. The minimum absolute atomic E-state index is 0.0761. The molecule has 0 spiro atoms. The van der Waals surface area contributed by atoms with Gasteiger partial charge in [0.2, 0.25) is 0 Å². The molecular weight excluding hydrogens is 245 g/mol. The van der Waals surface area contributed by atoms with Crippen LogP contribution >= 0.6 is 0 Å². The number of hydrogen-bond donors (Lipinski definition) is 1. The molecule has 100 valence electrons. The molecule has 3 nitrogen and oxygen atoms in total. The van der Waals surface area contributed by atoms with Gasteiger partial charge in [-0.15, -0.1) is 0 Å². The van der Waals surface area contributed by atoms with Gasteiger partial charge < -0.3 is 9.67 Å². The topological polar surface area (TPSA) is 42.2 Å². The molecule has 3 rings (SSSR count). The van der Waals surface area contributed by atoms with Crippen LogP contribution in [0, 0.1) is 5.82 Å². The van der Waals surface area contributed by atoms with Crippen molar-refractivity contribution in [1.29, 1.82) is 0 Å². The summed E-state index contributed by atoms with van der Waals surface area (Å²) in [5.41, 5.74) is 3.33. The van der Waals surface area contributed by atoms with Gasteiger partial charge >= 0.3 is 5.97 Å². The second-order valence-corrected chi connectivity index (χ2v) is 5.09. The van der Waals surface area contributed by atoms with Crippen molar-refractivity contribution in [3.05, 3.63) is 35.3 Å². The molecule has 1 aromatic carbocycles. The molecule has 0 saturated heterocycles. The van der Waals surface area contributed by atoms with Crippen molar-refractivity contribution in [1.82, 2.24) is 4.57 Å². The molecule has 4 heteroatoms. The number of aliphatic carboxylic acids is 1. The van der Waals surface area contributed by atoms with Gasteiger partial charge in [-0.1, -0.05) is 0 Å². The largest absolute Gasteiger partial charge is 0.481 e. The third kappa shape index (κ3) is 2.11. The molecule has 1 aliphatic carbocycles. The van der Waals surface area contributed by atoms with Crippen LogP contribution in [0.3, 0.4) is 0 Å². The molecule has 0 unspecified atom stereocenters. The Morgan fingerprint density at radius 3 is 2.89 bits per heavy atom. The van der Waals surface area contributed by atoms with Gasteiger partial charge in [-0.3, -0.25) is 4.79 Å². The maximum Gasteiger partial charge on any atom is 0.305 e. The van der Waals surface area contributed by atoms with Gasteiger partial charge in [0, 0.05) is 17.6 Å². The summed E-state index contributed by atoms with van der Waals surface area (Å²) < 4.78 is 15.5. The number of carbonyl (C=O) groups is 1. The maximum atomic E-state index is 13.5. The van der Waals surface area contributed by atoms with Crippen LogP contribution in [-0.4, -0.2) is 15.6 Å². The molecule has 2 aromatic rings. The van der Waals surface area contributed by atoms with Crippen LogP contribution < -0.4 is 0 Å². The number of aryl methyl sites for hydroxylation is 2. The summed E-state index contributed by atoms with van der Waals surface area (Å²) in [4.78, 5) is 10.8. The van der Waals surface area contributed by atoms with Crippen LogP contribution in [0.25, 0.3) is 10.9 Å². The molecule has 1 N–H and O–H groups in total. The standard InChI is InChI=1S/C15H16FNO2/c16-10-5-6-12-11-3-1-2-4-13(11)17(14(12)9-10)8-7-15(18)19/h5-6,9H,1-4,7-8H2,(H,18,19). The molecule has 0 aliphatic heterocycles. The Labute approximate surface area is 110 Å². The maximum absolute atomic E-state index is 13.5. The summed E-state index contributed by atoms with van der Waals surface area (Å²) in [6.07, 6.45) is 4.33. The Bertz CT molecular complexity index is 645. The number of hydrogen-bond acceptors (Lipinski definition) is 1. The van der Waals surface area contributed by atoms with Crippen LogP contribution in [0.2, 0.25) is 0 Å². The minimum atomic E-state index is -0.817. The first-order chi connectivity index (χ1) is 9.16. The van der Waals surface area contributed by atoms with Crippen molar-refractivity contribution in [3.8, 4) is 0 Å². The zero-order valence-electron chi connectivity index (χ0n) is 10.7. The quantitative estimate of drug-likeness (QED) is 0.922. The van der Waals surface area contributed by atoms with E-state index in [2.05, 4.69) is 0 Å². The molecule has 0 radical (unpaired) electrons. The molecule has 0 bridgehead atoms. The van der Waals surface area contributed by atoms with E-state index >= 15 is 0 Å². The Morgan fingerprint density at radius 2 is 2.11 bits per heavy atom. The molecule has 1 heterocycles. The lowest BCUT2D eigenvalue weighted by Crippen LogP contribution is -2.11. The van der Waals surface area contributed by atoms with E-state index in [-0.39, 0.29) is 12.2 Å². The van der Waals surface area contributed by atoms with Crippen LogP contribution in [0.4, 0.5) is 4.39 Å². The summed E-state index contributed by atoms with van der Waals surface area (Å²) in [5, 5.41) is 9.94. The number of carboxylic acid groups (broad SMARTS) is 1. The van der Waals surface area contributed by atoms with Crippen molar-refractivity contribution in [2.75, 3.05) is 0 Å². The van der Waals surface area contributed by atoms with E-state index in [1.54, 1.807) is 0 Å². The van der Waals surface area contributed by atoms with E-state index < -0.39 is 5.97 Å². The second kappa shape index (κ2) is 4.68. The number of halogens is 1. The second-order valence-electron chi connectivity index (χ2n) is 5.09. The minimum Gasteiger partial charge on any atom is -0.481 e. The van der Waals surface area contributed by atoms with Crippen molar-refractivity contribution < 1.29 is 14.3 Å². The highest BCUT2D eigenvalue weighted by molar-refractivity contribution is 5.86. The highest BCUT2D eigenvalue weighted by Crippen LogP contribution is 2.32. The highest BCUT2D eigenvalue weighted by Gasteiger charge is 2.20. The summed E-state index contributed by atoms with van der Waals surface area (Å²) in [5.74, 6) is -1.08. The van der Waals surface area contributed by atoms with E-state index in [9.17, 15) is 9.18 Å². The van der Waals surface area contributed by atoms with Crippen molar-refractivity contribution >= 4 is 16.9 Å². The van der Waals surface area contributed by atoms with Gasteiger partial charge in [0.1, 0.15) is 5.82 Å². The molecule has 19 heavy (non-hydrogen) atoms. The molecule has 1 aliphatic rings. The number of carboxylic acids is 1. The highest BCUT2D eigenvalue weighted by atomic mass is 19.1. The predicted octanol–water partition coefficient (Wildman–Crippen LogP) is 3.13. The number of nitrogens with zero attached hydrogens (tertiary/aromatic N) is 1. The van der Waals surface area contributed by atoms with Crippen LogP contribution in [0.1, 0.15) is 30.5 Å². The summed E-state index contributed by atoms with van der Waals surface area (Å²) in [6.45, 7) is 0.421. The first-order valence-electron chi connectivity index (χ1n) is 6.68. The number of benzene rings is 1. The number of fused-ring (bicyclic) bond motifs is 3. The van der Waals surface area contributed by atoms with Gasteiger partial charge in [-0.2, -0.15) is 0 Å². The number of rotatable bonds is 3. The van der Waals surface area contributed by atoms with Gasteiger partial charge in [-0.25, -0.2) is 4.39 Å². The lowest BCUT2D eigenvalue weighted by Gasteiger charge is -2.15. The van der Waals surface area contributed by atoms with Crippen LogP contribution in [-0.2, 0) is 24.2 Å². The summed E-state index contributed by atoms with van der Waals surface area (Å²) in [6, 6.07) is 4.83. The van der Waals surface area contributed by atoms with Crippen molar-refractivity contribution in [2.24, 2.45) is 0 Å².